The van der Waals surface area contributed by atoms with Gasteiger partial charge in [0.25, 0.3) is 0 Å². The Bertz CT molecular complexity index is 1480. The molecule has 0 aromatic rings. The SMILES string of the molecule is CC(=O)NC(C)(COCCC(=O)NCCCCCCOC1CC(O)[C@H](O[C@H]2OC(CO)CC(O)[C@H]2O)C(CO)O1)COCCC(=O)NCCCCCCOC1CC(O)[C@H](O[C@H]2OC(CO)CC(O)[C@H]2O)C(CO)O1. The molecule has 0 aromatic carbocycles. The fraction of sp³-hybridized carbons (Fsp3) is 0.938. The van der Waals surface area contributed by atoms with Crippen molar-refractivity contribution in [2.75, 3.05) is 79.2 Å². The number of ether oxygens (including phenoxy) is 10. The third-order valence-corrected chi connectivity index (χ3v) is 13.0. The second-order valence-corrected chi connectivity index (χ2v) is 19.7. The van der Waals surface area contributed by atoms with Crippen LogP contribution in [0, 0.1) is 0 Å². The van der Waals surface area contributed by atoms with E-state index in [1.807, 2.05) is 0 Å². The van der Waals surface area contributed by atoms with Gasteiger partial charge in [0, 0.05) is 71.8 Å². The van der Waals surface area contributed by atoms with Crippen LogP contribution in [0.5, 0.6) is 0 Å². The molecular formula is C48H87N3O23. The predicted octanol–water partition coefficient (Wildman–Crippen LogP) is -3.55. The number of carbonyl (C=O) groups excluding carboxylic acids is 3. The normalized spacial score (nSPS) is 33.4. The maximum absolute atomic E-state index is 12.4. The zero-order valence-electron chi connectivity index (χ0n) is 42.9. The van der Waals surface area contributed by atoms with Crippen LogP contribution in [0.3, 0.4) is 0 Å². The molecule has 4 fully saturated rings. The number of rotatable bonds is 35. The highest BCUT2D eigenvalue weighted by atomic mass is 16.7. The van der Waals surface area contributed by atoms with Crippen molar-refractivity contribution in [3.63, 3.8) is 0 Å². The van der Waals surface area contributed by atoms with Crippen molar-refractivity contribution in [3.05, 3.63) is 0 Å². The molecular weight excluding hydrogens is 987 g/mol. The van der Waals surface area contributed by atoms with Crippen LogP contribution in [0.4, 0.5) is 0 Å². The molecule has 26 heteroatoms. The van der Waals surface area contributed by atoms with Crippen molar-refractivity contribution in [2.24, 2.45) is 0 Å². The number of nitrogens with one attached hydrogen (secondary N) is 3. The van der Waals surface area contributed by atoms with E-state index in [1.54, 1.807) is 6.92 Å². The molecule has 0 saturated carbocycles. The molecule has 3 amide bonds. The Morgan fingerprint density at radius 1 is 0.527 bits per heavy atom. The molecule has 432 valence electrons. The number of aliphatic hydroxyl groups is 10. The van der Waals surface area contributed by atoms with Crippen LogP contribution < -0.4 is 16.0 Å². The smallest absolute Gasteiger partial charge is 0.222 e. The molecule has 16 atom stereocenters. The zero-order valence-corrected chi connectivity index (χ0v) is 42.9. The maximum Gasteiger partial charge on any atom is 0.222 e. The van der Waals surface area contributed by atoms with Crippen molar-refractivity contribution in [1.29, 1.82) is 0 Å². The number of unbranched alkanes of at least 4 members (excludes halogenated alkanes) is 6. The summed E-state index contributed by atoms with van der Waals surface area (Å²) in [4.78, 5) is 36.8. The van der Waals surface area contributed by atoms with Gasteiger partial charge in [0.2, 0.25) is 17.7 Å². The molecule has 4 aliphatic rings. The predicted molar refractivity (Wildman–Crippen MR) is 255 cm³/mol. The van der Waals surface area contributed by atoms with Gasteiger partial charge >= 0.3 is 0 Å². The van der Waals surface area contributed by atoms with Crippen molar-refractivity contribution in [1.82, 2.24) is 16.0 Å². The van der Waals surface area contributed by atoms with Crippen LogP contribution >= 0.6 is 0 Å². The molecule has 0 bridgehead atoms. The van der Waals surface area contributed by atoms with E-state index in [2.05, 4.69) is 16.0 Å². The van der Waals surface area contributed by atoms with E-state index < -0.39 is 117 Å². The molecule has 10 unspecified atom stereocenters. The summed E-state index contributed by atoms with van der Waals surface area (Å²) in [5.74, 6) is -0.658. The number of carbonyl (C=O) groups is 3. The summed E-state index contributed by atoms with van der Waals surface area (Å²) < 4.78 is 57.0. The lowest BCUT2D eigenvalue weighted by molar-refractivity contribution is -0.331. The molecule has 0 radical (unpaired) electrons. The first-order valence-corrected chi connectivity index (χ1v) is 26.1. The maximum atomic E-state index is 12.4. The first-order chi connectivity index (χ1) is 35.5. The first kappa shape index (κ1) is 64.1. The van der Waals surface area contributed by atoms with Gasteiger partial charge < -0.3 is 114 Å². The zero-order chi connectivity index (χ0) is 54.0. The van der Waals surface area contributed by atoms with Gasteiger partial charge in [-0.2, -0.15) is 0 Å². The molecule has 4 aliphatic heterocycles. The Kier molecular flexibility index (Phi) is 29.9. The Hall–Kier alpha value is -2.39. The number of hydrogen-bond donors (Lipinski definition) is 13. The van der Waals surface area contributed by atoms with Gasteiger partial charge in [-0.25, -0.2) is 0 Å². The van der Waals surface area contributed by atoms with E-state index in [0.717, 1.165) is 38.5 Å². The van der Waals surface area contributed by atoms with Crippen LogP contribution in [0.2, 0.25) is 0 Å². The molecule has 4 heterocycles. The van der Waals surface area contributed by atoms with Crippen molar-refractivity contribution in [3.8, 4) is 0 Å². The van der Waals surface area contributed by atoms with Crippen LogP contribution in [0.25, 0.3) is 0 Å². The van der Waals surface area contributed by atoms with Gasteiger partial charge in [-0.1, -0.05) is 25.7 Å². The minimum absolute atomic E-state index is 0.0212. The van der Waals surface area contributed by atoms with Gasteiger partial charge in [0.15, 0.2) is 25.2 Å². The molecule has 13 N–H and O–H groups in total. The molecule has 0 aliphatic carbocycles. The molecule has 26 nitrogen and oxygen atoms in total. The third kappa shape index (κ3) is 22.5. The summed E-state index contributed by atoms with van der Waals surface area (Å²) in [6.07, 6.45) is -10.9. The second kappa shape index (κ2) is 34.5. The number of hydrogen-bond acceptors (Lipinski definition) is 23. The summed E-state index contributed by atoms with van der Waals surface area (Å²) in [5.41, 5.74) is -0.899. The highest BCUT2D eigenvalue weighted by Crippen LogP contribution is 2.31. The summed E-state index contributed by atoms with van der Waals surface area (Å²) >= 11 is 0. The summed E-state index contributed by atoms with van der Waals surface area (Å²) in [5, 5.41) is 109. The van der Waals surface area contributed by atoms with E-state index in [0.29, 0.717) is 39.1 Å². The summed E-state index contributed by atoms with van der Waals surface area (Å²) in [6.45, 7) is 3.32. The lowest BCUT2D eigenvalue weighted by atomic mass is 10.00. The largest absolute Gasteiger partial charge is 0.394 e. The topological polar surface area (TPSA) is 382 Å². The lowest BCUT2D eigenvalue weighted by Gasteiger charge is -2.43. The van der Waals surface area contributed by atoms with Gasteiger partial charge in [-0.05, 0) is 32.6 Å². The molecule has 0 spiro atoms. The van der Waals surface area contributed by atoms with E-state index in [9.17, 15) is 65.4 Å². The number of aliphatic hydroxyl groups excluding tert-OH is 10. The number of amides is 3. The standard InChI is InChI=1S/C48H87N3O23/c1-29(56)51-48(2,27-65-17-11-38(61)49-13-7-3-5-9-15-67-40-21-34(59)44(36(25-54)71-40)73-46-42(63)32(57)19-30(23-52)69-46)28-66-18-12-39(62)50-14-8-4-6-10-16-68-41-22-35(60)45(37(26-55)72-41)74-47-43(64)33(58)20-31(24-53)70-47/h30-37,40-47,52-55,57-60,63-64H,3-28H2,1-2H3,(H,49,61)(H,50,62)(H,51,56)/t30?,31?,32?,33?,34?,35?,36?,37?,40?,41?,42-,43-,44+,45+,46-,47-,48?/m1/s1. The van der Waals surface area contributed by atoms with E-state index in [4.69, 9.17) is 47.4 Å². The minimum Gasteiger partial charge on any atom is -0.394 e. The first-order valence-electron chi connectivity index (χ1n) is 26.1. The average Bonchev–Trinajstić information content (AvgIpc) is 3.36. The minimum atomic E-state index is -1.41. The Morgan fingerprint density at radius 3 is 1.31 bits per heavy atom. The van der Waals surface area contributed by atoms with Crippen molar-refractivity contribution < 1.29 is 113 Å². The molecule has 0 aromatic heterocycles. The molecule has 74 heavy (non-hydrogen) atoms. The monoisotopic (exact) mass is 1070 g/mol. The average molecular weight is 1070 g/mol. The van der Waals surface area contributed by atoms with Crippen molar-refractivity contribution >= 4 is 17.7 Å². The van der Waals surface area contributed by atoms with E-state index in [-0.39, 0.29) is 95.9 Å². The van der Waals surface area contributed by atoms with Crippen LogP contribution in [0.15, 0.2) is 0 Å². The van der Waals surface area contributed by atoms with Gasteiger partial charge in [-0.3, -0.25) is 14.4 Å². The van der Waals surface area contributed by atoms with Crippen LogP contribution in [0.1, 0.15) is 104 Å². The lowest BCUT2D eigenvalue weighted by Crippen LogP contribution is -2.57. The van der Waals surface area contributed by atoms with Crippen molar-refractivity contribution in [2.45, 2.75) is 208 Å². The Balaban J connectivity index is 0.962. The quantitative estimate of drug-likeness (QED) is 0.0273. The third-order valence-electron chi connectivity index (χ3n) is 13.0. The van der Waals surface area contributed by atoms with E-state index >= 15 is 0 Å². The fourth-order valence-corrected chi connectivity index (χ4v) is 8.97. The highest BCUT2D eigenvalue weighted by molar-refractivity contribution is 5.76. The summed E-state index contributed by atoms with van der Waals surface area (Å²) in [6, 6.07) is 0. The Labute approximate surface area is 432 Å². The van der Waals surface area contributed by atoms with Gasteiger partial charge in [0.05, 0.1) is 95.0 Å². The van der Waals surface area contributed by atoms with Crippen LogP contribution in [-0.2, 0) is 61.8 Å². The van der Waals surface area contributed by atoms with Crippen LogP contribution in [-0.4, -0.2) is 252 Å². The second-order valence-electron chi connectivity index (χ2n) is 19.7. The van der Waals surface area contributed by atoms with Gasteiger partial charge in [0.1, 0.15) is 36.6 Å². The van der Waals surface area contributed by atoms with E-state index in [1.165, 1.54) is 6.92 Å². The molecule has 4 saturated heterocycles. The summed E-state index contributed by atoms with van der Waals surface area (Å²) in [7, 11) is 0. The Morgan fingerprint density at radius 2 is 0.932 bits per heavy atom. The highest BCUT2D eigenvalue weighted by Gasteiger charge is 2.46. The van der Waals surface area contributed by atoms with Gasteiger partial charge in [-0.15, -0.1) is 0 Å². The fourth-order valence-electron chi connectivity index (χ4n) is 8.97. The molecule has 4 rings (SSSR count).